The molecule has 0 spiro atoms. The van der Waals surface area contributed by atoms with Gasteiger partial charge >= 0.3 is 6.18 Å². The van der Waals surface area contributed by atoms with E-state index in [0.29, 0.717) is 0 Å². The summed E-state index contributed by atoms with van der Waals surface area (Å²) >= 11 is 0. The van der Waals surface area contributed by atoms with Gasteiger partial charge in [-0.2, -0.15) is 13.2 Å². The van der Waals surface area contributed by atoms with Crippen LogP contribution < -0.4 is 5.73 Å². The molecule has 0 saturated heterocycles. The molecule has 0 amide bonds. The lowest BCUT2D eigenvalue weighted by atomic mass is 10.0. The normalized spacial score (nSPS) is 16.5. The molecule has 98 valence electrons. The highest BCUT2D eigenvalue weighted by Crippen LogP contribution is 2.21. The summed E-state index contributed by atoms with van der Waals surface area (Å²) in [7, 11) is 1.72. The maximum atomic E-state index is 12.1. The summed E-state index contributed by atoms with van der Waals surface area (Å²) in [4.78, 5) is 1.73. The van der Waals surface area contributed by atoms with E-state index in [1.54, 1.807) is 11.9 Å². The number of rotatable bonds is 7. The molecule has 0 fully saturated rings. The minimum absolute atomic E-state index is 0.0272. The lowest BCUT2D eigenvalue weighted by molar-refractivity contribution is -0.138. The van der Waals surface area contributed by atoms with Crippen LogP contribution in [0, 0.1) is 0 Å². The molecular formula is C11H23F3N2. The van der Waals surface area contributed by atoms with Gasteiger partial charge in [0.15, 0.2) is 0 Å². The van der Waals surface area contributed by atoms with Crippen LogP contribution in [0.15, 0.2) is 0 Å². The summed E-state index contributed by atoms with van der Waals surface area (Å²) in [5, 5.41) is 0. The van der Waals surface area contributed by atoms with Crippen LogP contribution in [0.25, 0.3) is 0 Å². The summed E-state index contributed by atoms with van der Waals surface area (Å²) in [6.45, 7) is 4.02. The fourth-order valence-corrected chi connectivity index (χ4v) is 1.94. The first kappa shape index (κ1) is 15.7. The molecule has 0 aliphatic rings. The zero-order valence-electron chi connectivity index (χ0n) is 10.3. The monoisotopic (exact) mass is 240 g/mol. The molecule has 16 heavy (non-hydrogen) atoms. The predicted molar refractivity (Wildman–Crippen MR) is 60.3 cm³/mol. The van der Waals surface area contributed by atoms with Gasteiger partial charge in [0, 0.05) is 18.6 Å². The Balaban J connectivity index is 4.15. The molecule has 0 radical (unpaired) electrons. The van der Waals surface area contributed by atoms with Gasteiger partial charge < -0.3 is 10.6 Å². The van der Waals surface area contributed by atoms with Crippen LogP contribution >= 0.6 is 0 Å². The lowest BCUT2D eigenvalue weighted by Crippen LogP contribution is -2.46. The summed E-state index contributed by atoms with van der Waals surface area (Å²) in [5.74, 6) is 0. The first-order valence-electron chi connectivity index (χ1n) is 5.84. The first-order chi connectivity index (χ1) is 7.31. The minimum atomic E-state index is -4.08. The molecule has 0 saturated carbocycles. The molecule has 2 N–H and O–H groups in total. The summed E-state index contributed by atoms with van der Waals surface area (Å²) in [6, 6.07) is 0.00975. The zero-order valence-corrected chi connectivity index (χ0v) is 10.3. The zero-order chi connectivity index (χ0) is 12.8. The van der Waals surface area contributed by atoms with Crippen LogP contribution in [0.5, 0.6) is 0 Å². The maximum Gasteiger partial charge on any atom is 0.390 e. The fraction of sp³-hybridized carbons (Fsp3) is 1.00. The molecule has 5 heteroatoms. The average Bonchev–Trinajstić information content (AvgIpc) is 2.15. The molecule has 0 aromatic heterocycles. The van der Waals surface area contributed by atoms with Crippen molar-refractivity contribution in [2.24, 2.45) is 5.73 Å². The molecule has 0 aliphatic carbocycles. The maximum absolute atomic E-state index is 12.1. The van der Waals surface area contributed by atoms with Gasteiger partial charge in [0.2, 0.25) is 0 Å². The number of hydrogen-bond donors (Lipinski definition) is 1. The van der Waals surface area contributed by atoms with Gasteiger partial charge in [-0.25, -0.2) is 0 Å². The van der Waals surface area contributed by atoms with Crippen LogP contribution in [0.4, 0.5) is 13.2 Å². The van der Waals surface area contributed by atoms with Crippen LogP contribution in [-0.4, -0.2) is 36.8 Å². The van der Waals surface area contributed by atoms with Crippen LogP contribution in [0.1, 0.15) is 39.5 Å². The third kappa shape index (κ3) is 6.33. The Hall–Kier alpha value is -0.290. The second-order valence-corrected chi connectivity index (χ2v) is 4.27. The number of likely N-dealkylation sites (N-methyl/N-ethyl adjacent to an activating group) is 1. The Kier molecular flexibility index (Phi) is 6.99. The quantitative estimate of drug-likeness (QED) is 0.741. The number of nitrogens with zero attached hydrogens (tertiary/aromatic N) is 1. The Morgan fingerprint density at radius 3 is 2.19 bits per heavy atom. The highest BCUT2D eigenvalue weighted by Gasteiger charge is 2.29. The molecule has 0 aromatic rings. The lowest BCUT2D eigenvalue weighted by Gasteiger charge is -2.32. The number of hydrogen-bond acceptors (Lipinski definition) is 2. The molecule has 0 heterocycles. The molecule has 0 aliphatic heterocycles. The van der Waals surface area contributed by atoms with Crippen molar-refractivity contribution in [1.82, 2.24) is 4.90 Å². The van der Waals surface area contributed by atoms with E-state index in [1.165, 1.54) is 0 Å². The van der Waals surface area contributed by atoms with Crippen molar-refractivity contribution in [2.75, 3.05) is 13.6 Å². The van der Waals surface area contributed by atoms with Crippen molar-refractivity contribution in [3.05, 3.63) is 0 Å². The number of halogens is 3. The Bertz CT molecular complexity index is 183. The van der Waals surface area contributed by atoms with E-state index in [4.69, 9.17) is 5.73 Å². The van der Waals surface area contributed by atoms with E-state index in [1.807, 2.05) is 13.8 Å². The Morgan fingerprint density at radius 2 is 1.81 bits per heavy atom. The van der Waals surface area contributed by atoms with Crippen molar-refractivity contribution < 1.29 is 13.2 Å². The third-order valence-corrected chi connectivity index (χ3v) is 2.85. The predicted octanol–water partition coefficient (Wildman–Crippen LogP) is 2.78. The fourth-order valence-electron chi connectivity index (χ4n) is 1.94. The van der Waals surface area contributed by atoms with Gasteiger partial charge in [-0.05, 0) is 19.9 Å². The molecule has 0 aromatic carbocycles. The summed E-state index contributed by atoms with van der Waals surface area (Å²) in [6.07, 6.45) is -2.24. The second-order valence-electron chi connectivity index (χ2n) is 4.27. The van der Waals surface area contributed by atoms with E-state index in [2.05, 4.69) is 0 Å². The number of alkyl halides is 3. The average molecular weight is 240 g/mol. The topological polar surface area (TPSA) is 29.3 Å². The van der Waals surface area contributed by atoms with Crippen LogP contribution in [0.3, 0.4) is 0 Å². The van der Waals surface area contributed by atoms with Crippen molar-refractivity contribution in [1.29, 1.82) is 0 Å². The molecule has 0 bridgehead atoms. The molecule has 2 unspecified atom stereocenters. The number of nitrogens with two attached hydrogens (primary N) is 1. The van der Waals surface area contributed by atoms with E-state index in [9.17, 15) is 13.2 Å². The van der Waals surface area contributed by atoms with Crippen LogP contribution in [0.2, 0.25) is 0 Å². The van der Waals surface area contributed by atoms with E-state index >= 15 is 0 Å². The second kappa shape index (κ2) is 7.12. The van der Waals surface area contributed by atoms with Crippen molar-refractivity contribution in [2.45, 2.75) is 57.8 Å². The van der Waals surface area contributed by atoms with Gasteiger partial charge in [-0.3, -0.25) is 0 Å². The van der Waals surface area contributed by atoms with Crippen molar-refractivity contribution in [3.8, 4) is 0 Å². The van der Waals surface area contributed by atoms with Gasteiger partial charge in [0.1, 0.15) is 0 Å². The standard InChI is InChI=1S/C11H23F3N2/c1-4-6-9(15)10(5-2)16(3)8-7-11(12,13)14/h9-10H,4-8,15H2,1-3H3. The van der Waals surface area contributed by atoms with Crippen molar-refractivity contribution in [3.63, 3.8) is 0 Å². The highest BCUT2D eigenvalue weighted by atomic mass is 19.4. The summed E-state index contributed by atoms with van der Waals surface area (Å²) < 4.78 is 36.2. The van der Waals surface area contributed by atoms with Crippen LogP contribution in [-0.2, 0) is 0 Å². The SMILES string of the molecule is CCCC(N)C(CC)N(C)CCC(F)(F)F. The first-order valence-corrected chi connectivity index (χ1v) is 5.84. The molecule has 0 rings (SSSR count). The molecule has 2 atom stereocenters. The molecular weight excluding hydrogens is 217 g/mol. The Morgan fingerprint density at radius 1 is 1.25 bits per heavy atom. The third-order valence-electron chi connectivity index (χ3n) is 2.85. The molecule has 2 nitrogen and oxygen atoms in total. The minimum Gasteiger partial charge on any atom is -0.326 e. The Labute approximate surface area is 96.0 Å². The van der Waals surface area contributed by atoms with E-state index in [-0.39, 0.29) is 18.6 Å². The van der Waals surface area contributed by atoms with E-state index in [0.717, 1.165) is 19.3 Å². The van der Waals surface area contributed by atoms with Gasteiger partial charge in [-0.1, -0.05) is 20.3 Å². The largest absolute Gasteiger partial charge is 0.390 e. The van der Waals surface area contributed by atoms with E-state index < -0.39 is 12.6 Å². The van der Waals surface area contributed by atoms with Gasteiger partial charge in [-0.15, -0.1) is 0 Å². The van der Waals surface area contributed by atoms with Gasteiger partial charge in [0.25, 0.3) is 0 Å². The smallest absolute Gasteiger partial charge is 0.326 e. The van der Waals surface area contributed by atoms with Gasteiger partial charge in [0.05, 0.1) is 6.42 Å². The highest BCUT2D eigenvalue weighted by molar-refractivity contribution is 4.79. The summed E-state index contributed by atoms with van der Waals surface area (Å²) in [5.41, 5.74) is 5.96. The van der Waals surface area contributed by atoms with Crippen molar-refractivity contribution >= 4 is 0 Å².